The molecule has 3 amide bonds. The molecule has 778 valence electrons. The highest BCUT2D eigenvalue weighted by molar-refractivity contribution is 7.11. The summed E-state index contributed by atoms with van der Waals surface area (Å²) in [4.78, 5) is 144. The number of aromatic amines is 1. The molecule has 50 nitrogen and oxygen atoms in total. The summed E-state index contributed by atoms with van der Waals surface area (Å²) in [5.74, 6) is 1.96. The van der Waals surface area contributed by atoms with Crippen molar-refractivity contribution >= 4 is 75.3 Å². The Labute approximate surface area is 828 Å². The summed E-state index contributed by atoms with van der Waals surface area (Å²) in [6.07, 6.45) is 6.43. The predicted molar refractivity (Wildman–Crippen MR) is 538 cm³/mol. The van der Waals surface area contributed by atoms with Crippen molar-refractivity contribution in [2.24, 2.45) is 77.2 Å². The monoisotopic (exact) mass is 2000 g/mol. The summed E-state index contributed by atoms with van der Waals surface area (Å²) in [6, 6.07) is -1.27. The molecule has 5 aromatic rings. The molecule has 0 radical (unpaired) electrons. The van der Waals surface area contributed by atoms with E-state index < -0.39 is 18.2 Å². The molecule has 52 heteroatoms. The minimum Gasteiger partial charge on any atom is -0.449 e. The van der Waals surface area contributed by atoms with Gasteiger partial charge in [0, 0.05) is 193 Å². The third-order valence-corrected chi connectivity index (χ3v) is 20.5. The summed E-state index contributed by atoms with van der Waals surface area (Å²) in [5, 5.41) is 68.2. The average Bonchev–Trinajstić information content (AvgIpc) is 1.70. The van der Waals surface area contributed by atoms with Gasteiger partial charge < -0.3 is 66.7 Å². The van der Waals surface area contributed by atoms with Crippen LogP contribution in [-0.2, 0) is 103 Å². The van der Waals surface area contributed by atoms with E-state index in [4.69, 9.17) is 52.3 Å². The third-order valence-electron chi connectivity index (χ3n) is 18.6. The molecule has 0 bridgehead atoms. The van der Waals surface area contributed by atoms with E-state index in [1.54, 1.807) is 6.20 Å². The lowest BCUT2D eigenvalue weighted by molar-refractivity contribution is -0.124. The molecule has 0 fully saturated rings. The van der Waals surface area contributed by atoms with Crippen molar-refractivity contribution < 1.29 is 56.7 Å². The molecule has 140 heavy (non-hydrogen) atoms. The Bertz CT molecular complexity index is 4400. The number of oxazole rings is 2. The number of nitrogens with one attached hydrogen (secondary N) is 11. The second-order valence-electron chi connectivity index (χ2n) is 36.2. The number of hydrogen-bond acceptors (Lipinski definition) is 34. The van der Waals surface area contributed by atoms with Crippen molar-refractivity contribution in [1.82, 2.24) is 88.5 Å². The Morgan fingerprint density at radius 2 is 0.743 bits per heavy atom. The van der Waals surface area contributed by atoms with Crippen molar-refractivity contribution in [3.05, 3.63) is 152 Å². The molecular formula is C88H152N38O12S2. The lowest BCUT2D eigenvalue weighted by Gasteiger charge is -2.22. The molecule has 5 heterocycles. The van der Waals surface area contributed by atoms with Crippen LogP contribution in [0.15, 0.2) is 68.7 Å². The zero-order valence-electron chi connectivity index (χ0n) is 86.5. The number of carbonyl (C=O) groups excluding carboxylic acids is 9. The van der Waals surface area contributed by atoms with Crippen LogP contribution < -0.4 is 53.2 Å². The lowest BCUT2D eigenvalue weighted by Crippen LogP contribution is -2.51. The first-order chi connectivity index (χ1) is 65.9. The molecule has 0 saturated heterocycles. The molecule has 5 rings (SSSR count). The van der Waals surface area contributed by atoms with E-state index in [2.05, 4.69) is 159 Å². The molecule has 11 N–H and O–H groups in total. The van der Waals surface area contributed by atoms with Crippen LogP contribution in [0, 0.1) is 41.4 Å². The number of carbonyl (C=O) groups is 9. The normalized spacial score (nSPS) is 12.3. The van der Waals surface area contributed by atoms with Gasteiger partial charge in [0.1, 0.15) is 12.0 Å². The van der Waals surface area contributed by atoms with Crippen LogP contribution in [0.3, 0.4) is 0 Å². The quantitative estimate of drug-likeness (QED) is 0.00745. The van der Waals surface area contributed by atoms with Crippen molar-refractivity contribution in [3.63, 3.8) is 0 Å². The van der Waals surface area contributed by atoms with Crippen molar-refractivity contribution in [2.45, 2.75) is 343 Å². The molecule has 0 aliphatic carbocycles. The summed E-state index contributed by atoms with van der Waals surface area (Å²) in [6.45, 7) is 55.9. The van der Waals surface area contributed by atoms with Crippen LogP contribution in [0.5, 0.6) is 0 Å². The number of rotatable bonds is 58. The number of amides is 3. The maximum atomic E-state index is 12.2. The highest BCUT2D eigenvalue weighted by atomic mass is 32.1. The fraction of sp³-hybridized carbons (Fsp3) is 0.739. The van der Waals surface area contributed by atoms with Crippen LogP contribution in [0.1, 0.15) is 249 Å². The molecule has 0 aromatic carbocycles. The van der Waals surface area contributed by atoms with Crippen LogP contribution in [-0.4, -0.2) is 212 Å². The van der Waals surface area contributed by atoms with Gasteiger partial charge in [-0.1, -0.05) is 230 Å². The number of nitrogens with zero attached hydrogens (tertiary/aromatic N) is 27. The SMILES string of the molecule is CC(C)N[C@@H](CNC(=O)NCCN=[N+]=[N-])C(=O)C(C)C.CC(C)N[C@@H](CNC(=O)OCCN=[N+]=[N-])C(=O)C(C)C.CC(C)N[C@@H](Cc1n[nH]nc1CN=[N+]=[N-])C(=O)C(C)C.CC(C)N[C@@H](Cc1nc(CN=[N+]=[N-])co1)C(=O)C(C)C.CC(C)N[C@@H](Cc1nc(CN=[N+]=[N-])cs1)C(=O)C(C)C.CC(C)N[C@@H](Cc1ncc(CN=[N+]=[N-])o1)C(=O)C(C)C.CC(C)N[C@@H](Cc1ncc(CN=[N+]=[N-])s1)C(=O)C(C)C. The number of hydrogen-bond donors (Lipinski definition) is 11. The second-order valence-corrected chi connectivity index (χ2v) is 38.3. The summed E-state index contributed by atoms with van der Waals surface area (Å²) >= 11 is 2.99. The van der Waals surface area contributed by atoms with Crippen molar-refractivity contribution in [3.8, 4) is 0 Å². The smallest absolute Gasteiger partial charge is 0.407 e. The van der Waals surface area contributed by atoms with Gasteiger partial charge in [0.05, 0.1) is 127 Å². The van der Waals surface area contributed by atoms with Gasteiger partial charge in [-0.25, -0.2) is 29.5 Å². The molecule has 0 aliphatic heterocycles. The van der Waals surface area contributed by atoms with Gasteiger partial charge in [0.2, 0.25) is 0 Å². The van der Waals surface area contributed by atoms with E-state index in [1.807, 2.05) is 199 Å². The summed E-state index contributed by atoms with van der Waals surface area (Å²) in [7, 11) is 0. The number of azide groups is 7. The topological polar surface area (TPSA) is 744 Å². The second kappa shape index (κ2) is 74.9. The van der Waals surface area contributed by atoms with E-state index in [-0.39, 0.29) is 226 Å². The van der Waals surface area contributed by atoms with E-state index in [1.165, 1.54) is 35.1 Å². The van der Waals surface area contributed by atoms with Crippen LogP contribution >= 0.6 is 22.7 Å². The summed E-state index contributed by atoms with van der Waals surface area (Å²) in [5.41, 5.74) is 60.2. The zero-order chi connectivity index (χ0) is 107. The van der Waals surface area contributed by atoms with Gasteiger partial charge in [-0.05, 0) is 38.7 Å². The van der Waals surface area contributed by atoms with Gasteiger partial charge in [0.25, 0.3) is 0 Å². The lowest BCUT2D eigenvalue weighted by atomic mass is 9.96. The fourth-order valence-electron chi connectivity index (χ4n) is 12.3. The van der Waals surface area contributed by atoms with Gasteiger partial charge in [-0.2, -0.15) is 15.4 Å². The number of aromatic nitrogens is 7. The maximum absolute atomic E-state index is 12.2. The van der Waals surface area contributed by atoms with Gasteiger partial charge in [0.15, 0.2) is 52.3 Å². The number of ether oxygens (including phenoxy) is 1. The molecule has 5 aromatic heterocycles. The van der Waals surface area contributed by atoms with E-state index >= 15 is 0 Å². The first-order valence-electron chi connectivity index (χ1n) is 46.6. The van der Waals surface area contributed by atoms with E-state index in [0.29, 0.717) is 73.3 Å². The minimum absolute atomic E-state index is 0.00567. The molecule has 0 saturated carbocycles. The molecular weight excluding hydrogens is 1850 g/mol. The zero-order valence-corrected chi connectivity index (χ0v) is 88.2. The number of urea groups is 1. The first-order valence-corrected chi connectivity index (χ1v) is 48.3. The molecule has 7 atom stereocenters. The number of Topliss-reactive ketones (excluding diaryl/α,β-unsaturated/α-hetero) is 7. The maximum Gasteiger partial charge on any atom is 0.407 e. The number of ketones is 7. The van der Waals surface area contributed by atoms with Crippen molar-refractivity contribution in [2.75, 3.05) is 39.3 Å². The Kier molecular flexibility index (Phi) is 69.6. The number of H-pyrrole nitrogens is 1. The minimum atomic E-state index is -0.634. The van der Waals surface area contributed by atoms with E-state index in [9.17, 15) is 43.2 Å². The Hall–Kier alpha value is -12.1. The van der Waals surface area contributed by atoms with E-state index in [0.717, 1.165) is 20.6 Å². The Balaban J connectivity index is 0. The van der Waals surface area contributed by atoms with Crippen LogP contribution in [0.4, 0.5) is 9.59 Å². The van der Waals surface area contributed by atoms with Gasteiger partial charge in [-0.3, -0.25) is 33.6 Å². The Morgan fingerprint density at radius 1 is 0.379 bits per heavy atom. The highest BCUT2D eigenvalue weighted by Gasteiger charge is 2.31. The van der Waals surface area contributed by atoms with Gasteiger partial charge >= 0.3 is 12.1 Å². The first kappa shape index (κ1) is 130. The number of thiazole rings is 2. The van der Waals surface area contributed by atoms with Gasteiger partial charge in [-0.15, -0.1) is 22.7 Å². The third kappa shape index (κ3) is 60.7. The Morgan fingerprint density at radius 3 is 1.18 bits per heavy atom. The fourth-order valence-corrected chi connectivity index (χ4v) is 14.1. The molecule has 0 spiro atoms. The number of alkyl carbamates (subject to hydrolysis) is 1. The average molecular weight is 2000 g/mol. The predicted octanol–water partition coefficient (Wildman–Crippen LogP) is 16.0. The largest absolute Gasteiger partial charge is 0.449 e. The summed E-state index contributed by atoms with van der Waals surface area (Å²) < 4.78 is 15.6. The van der Waals surface area contributed by atoms with Crippen LogP contribution in [0.25, 0.3) is 73.1 Å². The standard InChI is InChI=1S/2C13H21N5O2.2C13H21N5OS.C12H21N7O.C12H24N6O2.C12H23N5O3/c1-8(2)13(19)11(16-9(3)4)5-12-17-10(7-20-12)6-15-18-14;1-8(2)13(19)11(17-9(3)4)5-12-15-6-10(20-12)7-16-18-14;1-8(2)13(19)11(16-9(3)4)5-12-17-10(7-20-12)6-15-18-14;1-8(2)13(19)11(17-9(3)4)5-12-15-6-10(20-12)7-16-18-14;1-7(2)12(20)10(15-8(3)4)5-9-11(6-14-18-13)17-19-16-9;1-8(2)11(19)10(17-9(3)4)7-15-12(20)14-5-6-16-18-13;1-8(2)11(18)10(16-9(3)4)7-14-12(19)20-6-5-15-17-13/h7-9,11,16H,5-6H2,1-4H3;6,8-9,11,17H,5,7H2,1-4H3;7-9,11,16H,5-6H2,1-4H3;6,8-9,11,17H,5,7H2,1-4H3;7-8,10,15H,5-6H2,1-4H3,(H,16,17,19);8-10,17H,5-7H2,1-4H3,(H2,14,15,20);8-10,16H,5-7H2,1-4H3,(H,14,19)/t4*11-;3*10-/m0000000/s1. The molecule has 0 aliphatic rings. The molecule has 0 unspecified atom stereocenters. The van der Waals surface area contributed by atoms with Crippen LogP contribution in [0.2, 0.25) is 0 Å². The highest BCUT2D eigenvalue weighted by Crippen LogP contribution is 2.21. The van der Waals surface area contributed by atoms with Crippen molar-refractivity contribution in [1.29, 1.82) is 0 Å².